The van der Waals surface area contributed by atoms with Gasteiger partial charge in [0.2, 0.25) is 5.89 Å². The van der Waals surface area contributed by atoms with Crippen molar-refractivity contribution < 1.29 is 19.3 Å². The van der Waals surface area contributed by atoms with Gasteiger partial charge < -0.3 is 19.4 Å². The molecule has 0 spiro atoms. The molecule has 2 aliphatic rings. The van der Waals surface area contributed by atoms with E-state index in [0.717, 1.165) is 42.5 Å². The summed E-state index contributed by atoms with van der Waals surface area (Å²) in [4.78, 5) is 24.8. The van der Waals surface area contributed by atoms with Gasteiger partial charge >= 0.3 is 0 Å². The third-order valence-corrected chi connectivity index (χ3v) is 6.68. The van der Waals surface area contributed by atoms with Gasteiger partial charge in [0.05, 0.1) is 18.4 Å². The lowest BCUT2D eigenvalue weighted by atomic mass is 9.86. The van der Waals surface area contributed by atoms with E-state index < -0.39 is 12.1 Å². The molecular formula is C26H28N4O4. The Morgan fingerprint density at radius 3 is 2.56 bits per heavy atom. The maximum atomic E-state index is 13.5. The minimum Gasteiger partial charge on any atom is -0.399 e. The van der Waals surface area contributed by atoms with Crippen LogP contribution in [0.5, 0.6) is 0 Å². The molecule has 5 rings (SSSR count). The van der Waals surface area contributed by atoms with Crippen LogP contribution in [0, 0.1) is 0 Å². The van der Waals surface area contributed by atoms with Gasteiger partial charge in [-0.2, -0.15) is 4.98 Å². The second kappa shape index (κ2) is 9.77. The van der Waals surface area contributed by atoms with Crippen LogP contribution in [-0.2, 0) is 4.84 Å². The van der Waals surface area contributed by atoms with Gasteiger partial charge in [-0.3, -0.25) is 4.79 Å². The molecule has 1 saturated carbocycles. The Morgan fingerprint density at radius 2 is 1.82 bits per heavy atom. The molecule has 8 heteroatoms. The second-order valence-electron chi connectivity index (χ2n) is 8.89. The largest absolute Gasteiger partial charge is 0.399 e. The van der Waals surface area contributed by atoms with Crippen LogP contribution in [0.25, 0.3) is 11.1 Å². The number of aliphatic hydroxyl groups excluding tert-OH is 1. The molecule has 0 bridgehead atoms. The molecule has 3 unspecified atom stereocenters. The van der Waals surface area contributed by atoms with Crippen molar-refractivity contribution in [1.29, 1.82) is 0 Å². The number of likely N-dealkylation sites (tertiary alicyclic amines) is 1. The maximum absolute atomic E-state index is 13.5. The van der Waals surface area contributed by atoms with Gasteiger partial charge in [-0.05, 0) is 36.1 Å². The average Bonchev–Trinajstić information content (AvgIpc) is 3.52. The number of amides is 1. The first kappa shape index (κ1) is 22.3. The fourth-order valence-corrected chi connectivity index (χ4v) is 4.88. The Labute approximate surface area is 198 Å². The second-order valence-corrected chi connectivity index (χ2v) is 8.89. The number of rotatable bonds is 5. The van der Waals surface area contributed by atoms with Gasteiger partial charge in [0.15, 0.2) is 5.82 Å². The van der Waals surface area contributed by atoms with E-state index in [1.165, 1.54) is 7.11 Å². The monoisotopic (exact) mass is 460 g/mol. The number of aromatic nitrogens is 2. The molecule has 2 aromatic carbocycles. The Morgan fingerprint density at radius 1 is 1.09 bits per heavy atom. The fraction of sp³-hybridized carbons (Fsp3) is 0.385. The van der Waals surface area contributed by atoms with Crippen LogP contribution in [0.1, 0.15) is 66.1 Å². The van der Waals surface area contributed by atoms with E-state index >= 15 is 0 Å². The van der Waals surface area contributed by atoms with Crippen molar-refractivity contribution in [3.63, 3.8) is 0 Å². The van der Waals surface area contributed by atoms with E-state index in [1.54, 1.807) is 4.90 Å². The van der Waals surface area contributed by atoms with Crippen molar-refractivity contribution in [2.24, 2.45) is 5.16 Å². The van der Waals surface area contributed by atoms with Gasteiger partial charge in [-0.1, -0.05) is 65.6 Å². The van der Waals surface area contributed by atoms with Crippen LogP contribution in [-0.4, -0.2) is 51.5 Å². The first-order valence-corrected chi connectivity index (χ1v) is 11.7. The summed E-state index contributed by atoms with van der Waals surface area (Å²) in [5.41, 5.74) is 3.45. The molecule has 2 heterocycles. The molecule has 1 saturated heterocycles. The summed E-state index contributed by atoms with van der Waals surface area (Å²) in [7, 11) is 1.49. The summed E-state index contributed by atoms with van der Waals surface area (Å²) < 4.78 is 5.61. The highest BCUT2D eigenvalue weighted by Gasteiger charge is 2.39. The van der Waals surface area contributed by atoms with Crippen molar-refractivity contribution in [2.45, 2.75) is 50.2 Å². The van der Waals surface area contributed by atoms with Crippen LogP contribution in [0.2, 0.25) is 0 Å². The van der Waals surface area contributed by atoms with Crippen molar-refractivity contribution >= 4 is 11.6 Å². The first-order valence-electron chi connectivity index (χ1n) is 11.7. The molecule has 0 radical (unpaired) electrons. The highest BCUT2D eigenvalue weighted by molar-refractivity contribution is 6.00. The van der Waals surface area contributed by atoms with Gasteiger partial charge in [0.25, 0.3) is 5.91 Å². The van der Waals surface area contributed by atoms with E-state index in [4.69, 9.17) is 9.36 Å². The standard InChI is InChI=1S/C26H28N4O4/c1-33-28-20-15-22(25-27-24(29-34-25)21-9-5-6-10-23(21)31)30(16-20)26(32)19-13-11-18(12-14-19)17-7-3-2-4-8-17/h2-4,7-8,11-14,21-23,31H,5-6,9-10,15-16H2,1H3/b28-20+. The number of benzene rings is 2. The molecule has 1 aromatic heterocycles. The molecule has 1 N–H and O–H groups in total. The number of hydrogen-bond donors (Lipinski definition) is 1. The summed E-state index contributed by atoms with van der Waals surface area (Å²) in [6, 6.07) is 17.2. The Kier molecular flexibility index (Phi) is 6.40. The van der Waals surface area contributed by atoms with Crippen molar-refractivity contribution in [3.05, 3.63) is 71.9 Å². The zero-order chi connectivity index (χ0) is 23.5. The normalized spacial score (nSPS) is 23.9. The molecule has 3 atom stereocenters. The molecule has 176 valence electrons. The van der Waals surface area contributed by atoms with Gasteiger partial charge in [-0.15, -0.1) is 0 Å². The summed E-state index contributed by atoms with van der Waals surface area (Å²) in [6.07, 6.45) is 3.60. The Balaban J connectivity index is 1.39. The third kappa shape index (κ3) is 4.46. The highest BCUT2D eigenvalue weighted by atomic mass is 16.6. The number of aliphatic hydroxyl groups is 1. The van der Waals surface area contributed by atoms with Gasteiger partial charge in [0, 0.05) is 17.9 Å². The predicted molar refractivity (Wildman–Crippen MR) is 126 cm³/mol. The summed E-state index contributed by atoms with van der Waals surface area (Å²) in [5, 5.41) is 18.6. The Hall–Kier alpha value is -3.52. The van der Waals surface area contributed by atoms with E-state index in [2.05, 4.69) is 15.3 Å². The lowest BCUT2D eigenvalue weighted by Gasteiger charge is -2.24. The van der Waals surface area contributed by atoms with E-state index in [-0.39, 0.29) is 11.8 Å². The molecule has 34 heavy (non-hydrogen) atoms. The molecule has 1 aliphatic carbocycles. The highest BCUT2D eigenvalue weighted by Crippen LogP contribution is 2.35. The summed E-state index contributed by atoms with van der Waals surface area (Å²) in [5.74, 6) is 0.611. The molecule has 8 nitrogen and oxygen atoms in total. The van der Waals surface area contributed by atoms with Gasteiger partial charge in [-0.25, -0.2) is 0 Å². The number of carbonyl (C=O) groups excluding carboxylic acids is 1. The molecule has 1 aliphatic heterocycles. The molecule has 1 amide bonds. The third-order valence-electron chi connectivity index (χ3n) is 6.68. The van der Waals surface area contributed by atoms with Crippen molar-refractivity contribution in [3.8, 4) is 11.1 Å². The minimum atomic E-state index is -0.464. The number of hydrogen-bond acceptors (Lipinski definition) is 7. The molecule has 2 fully saturated rings. The Bertz CT molecular complexity index is 1160. The topological polar surface area (TPSA) is 101 Å². The SMILES string of the molecule is CO/N=C1\CC(c2nc(C3CCCCC3O)no2)N(C(=O)c2ccc(-c3ccccc3)cc2)C1. The zero-order valence-electron chi connectivity index (χ0n) is 19.1. The van der Waals surface area contributed by atoms with Crippen LogP contribution >= 0.6 is 0 Å². The molecule has 3 aromatic rings. The minimum absolute atomic E-state index is 0.130. The molecular weight excluding hydrogens is 432 g/mol. The van der Waals surface area contributed by atoms with Crippen LogP contribution in [0.3, 0.4) is 0 Å². The van der Waals surface area contributed by atoms with Crippen LogP contribution < -0.4 is 0 Å². The van der Waals surface area contributed by atoms with Gasteiger partial charge in [0.1, 0.15) is 13.2 Å². The van der Waals surface area contributed by atoms with E-state index in [9.17, 15) is 9.90 Å². The maximum Gasteiger partial charge on any atom is 0.254 e. The summed E-state index contributed by atoms with van der Waals surface area (Å²) in [6.45, 7) is 0.321. The van der Waals surface area contributed by atoms with E-state index in [0.29, 0.717) is 30.2 Å². The number of nitrogens with zero attached hydrogens (tertiary/aromatic N) is 4. The fourth-order valence-electron chi connectivity index (χ4n) is 4.88. The lowest BCUT2D eigenvalue weighted by Crippen LogP contribution is -2.31. The van der Waals surface area contributed by atoms with Crippen molar-refractivity contribution in [1.82, 2.24) is 15.0 Å². The van der Waals surface area contributed by atoms with Crippen LogP contribution in [0.4, 0.5) is 0 Å². The number of oxime groups is 1. The van der Waals surface area contributed by atoms with E-state index in [1.807, 2.05) is 54.6 Å². The first-order chi connectivity index (χ1) is 16.6. The number of carbonyl (C=O) groups is 1. The lowest BCUT2D eigenvalue weighted by molar-refractivity contribution is 0.0713. The summed E-state index contributed by atoms with van der Waals surface area (Å²) >= 11 is 0. The quantitative estimate of drug-likeness (QED) is 0.568. The van der Waals surface area contributed by atoms with Crippen LogP contribution in [0.15, 0.2) is 64.3 Å². The predicted octanol–water partition coefficient (Wildman–Crippen LogP) is 4.34. The zero-order valence-corrected chi connectivity index (χ0v) is 19.1. The van der Waals surface area contributed by atoms with Crippen molar-refractivity contribution in [2.75, 3.05) is 13.7 Å². The average molecular weight is 461 g/mol. The smallest absolute Gasteiger partial charge is 0.254 e.